The smallest absolute Gasteiger partial charge is 0.335 e. The molecule has 0 atom stereocenters. The summed E-state index contributed by atoms with van der Waals surface area (Å²) in [5, 5.41) is 14.9. The Morgan fingerprint density at radius 2 is 1.50 bits per heavy atom. The van der Waals surface area contributed by atoms with Crippen LogP contribution >= 0.6 is 0 Å². The van der Waals surface area contributed by atoms with Crippen molar-refractivity contribution in [2.75, 3.05) is 44.4 Å². The number of para-hydroxylation sites is 1. The molecule has 3 rings (SSSR count). The minimum Gasteiger partial charge on any atom is -0.478 e. The molecule has 0 saturated heterocycles. The van der Waals surface area contributed by atoms with E-state index in [2.05, 4.69) is 15.5 Å². The number of benzene rings is 3. The summed E-state index contributed by atoms with van der Waals surface area (Å²) >= 11 is 0. The fraction of sp³-hybridized carbons (Fsp3) is 0.276. The van der Waals surface area contributed by atoms with E-state index in [1.54, 1.807) is 6.07 Å². The van der Waals surface area contributed by atoms with Crippen LogP contribution in [0.1, 0.15) is 29.3 Å². The molecule has 200 valence electrons. The van der Waals surface area contributed by atoms with E-state index in [1.807, 2.05) is 73.6 Å². The number of carbonyl (C=O) groups excluding carboxylic acids is 2. The number of likely N-dealkylation sites (N-methyl/N-ethyl adjacent to an activating group) is 1. The van der Waals surface area contributed by atoms with Crippen LogP contribution in [0.15, 0.2) is 72.8 Å². The Kier molecular flexibility index (Phi) is 10.4. The largest absolute Gasteiger partial charge is 0.478 e. The molecule has 3 aromatic rings. The van der Waals surface area contributed by atoms with E-state index in [-0.39, 0.29) is 23.9 Å². The maximum absolute atomic E-state index is 12.5. The highest BCUT2D eigenvalue weighted by Gasteiger charge is 2.12. The Balaban J connectivity index is 1.41. The highest BCUT2D eigenvalue weighted by atomic mass is 16.5. The number of aromatic carboxylic acids is 1. The zero-order chi connectivity index (χ0) is 27.5. The van der Waals surface area contributed by atoms with Crippen LogP contribution in [0.4, 0.5) is 11.4 Å². The van der Waals surface area contributed by atoms with Crippen LogP contribution in [0.2, 0.25) is 0 Å². The standard InChI is InChI=1S/C29H34N4O5/c1-21(34)30-27-18-22(29(36)37)10-11-23(27)19-32(2)16-7-17-33(3)20-28(35)31-24-12-14-26(15-13-24)38-25-8-5-4-6-9-25/h4-6,8-15,18H,7,16-17,19-20H2,1-3H3,(H,30,34)(H,31,35)(H,36,37). The average Bonchev–Trinajstić information content (AvgIpc) is 2.86. The maximum Gasteiger partial charge on any atom is 0.335 e. The second kappa shape index (κ2) is 13.9. The normalized spacial score (nSPS) is 10.9. The Labute approximate surface area is 223 Å². The van der Waals surface area contributed by atoms with E-state index in [0.717, 1.165) is 30.8 Å². The molecule has 9 nitrogen and oxygen atoms in total. The van der Waals surface area contributed by atoms with Crippen molar-refractivity contribution in [3.8, 4) is 11.5 Å². The van der Waals surface area contributed by atoms with Gasteiger partial charge >= 0.3 is 5.97 Å². The van der Waals surface area contributed by atoms with Crippen molar-refractivity contribution < 1.29 is 24.2 Å². The maximum atomic E-state index is 12.5. The van der Waals surface area contributed by atoms with Gasteiger partial charge in [0.1, 0.15) is 11.5 Å². The van der Waals surface area contributed by atoms with Gasteiger partial charge in [0.05, 0.1) is 12.1 Å². The van der Waals surface area contributed by atoms with Crippen molar-refractivity contribution in [1.82, 2.24) is 9.80 Å². The van der Waals surface area contributed by atoms with Crippen LogP contribution in [0.5, 0.6) is 11.5 Å². The van der Waals surface area contributed by atoms with E-state index in [9.17, 15) is 19.5 Å². The lowest BCUT2D eigenvalue weighted by atomic mass is 10.1. The molecule has 3 aromatic carbocycles. The molecule has 0 fully saturated rings. The van der Waals surface area contributed by atoms with Gasteiger partial charge in [-0.3, -0.25) is 14.5 Å². The number of carboxylic acid groups (broad SMARTS) is 1. The number of hydrogen-bond acceptors (Lipinski definition) is 6. The molecule has 2 amide bonds. The zero-order valence-corrected chi connectivity index (χ0v) is 21.9. The van der Waals surface area contributed by atoms with Crippen LogP contribution < -0.4 is 15.4 Å². The average molecular weight is 519 g/mol. The van der Waals surface area contributed by atoms with Crippen molar-refractivity contribution in [2.24, 2.45) is 0 Å². The Bertz CT molecular complexity index is 1230. The molecule has 0 aliphatic carbocycles. The molecule has 0 unspecified atom stereocenters. The van der Waals surface area contributed by atoms with E-state index < -0.39 is 5.97 Å². The minimum atomic E-state index is -1.04. The molecule has 38 heavy (non-hydrogen) atoms. The first-order valence-electron chi connectivity index (χ1n) is 12.3. The highest BCUT2D eigenvalue weighted by Crippen LogP contribution is 2.23. The third-order valence-electron chi connectivity index (χ3n) is 5.72. The van der Waals surface area contributed by atoms with Crippen molar-refractivity contribution in [3.05, 3.63) is 83.9 Å². The zero-order valence-electron chi connectivity index (χ0n) is 21.9. The van der Waals surface area contributed by atoms with Gasteiger partial charge in [0.2, 0.25) is 11.8 Å². The first-order chi connectivity index (χ1) is 18.2. The fourth-order valence-electron chi connectivity index (χ4n) is 3.89. The number of carbonyl (C=O) groups is 3. The van der Waals surface area contributed by atoms with Crippen LogP contribution in [0, 0.1) is 0 Å². The Morgan fingerprint density at radius 3 is 2.16 bits per heavy atom. The fourth-order valence-corrected chi connectivity index (χ4v) is 3.89. The summed E-state index contributed by atoms with van der Waals surface area (Å²) in [6.07, 6.45) is 0.828. The lowest BCUT2D eigenvalue weighted by Crippen LogP contribution is -2.32. The number of nitrogens with one attached hydrogen (secondary N) is 2. The molecule has 0 bridgehead atoms. The highest BCUT2D eigenvalue weighted by molar-refractivity contribution is 5.94. The van der Waals surface area contributed by atoms with Gasteiger partial charge in [-0.1, -0.05) is 24.3 Å². The number of rotatable bonds is 13. The predicted molar refractivity (Wildman–Crippen MR) is 148 cm³/mol. The van der Waals surface area contributed by atoms with E-state index in [1.165, 1.54) is 19.1 Å². The number of nitrogens with zero attached hydrogens (tertiary/aromatic N) is 2. The molecule has 9 heteroatoms. The molecule has 0 radical (unpaired) electrons. The van der Waals surface area contributed by atoms with Crippen molar-refractivity contribution >= 4 is 29.2 Å². The summed E-state index contributed by atoms with van der Waals surface area (Å²) in [6, 6.07) is 21.5. The number of anilines is 2. The number of ether oxygens (including phenoxy) is 1. The molecular formula is C29H34N4O5. The summed E-state index contributed by atoms with van der Waals surface area (Å²) in [5.74, 6) is 0.0415. The molecule has 3 N–H and O–H groups in total. The SMILES string of the molecule is CC(=O)Nc1cc(C(=O)O)ccc1CN(C)CCCN(C)CC(=O)Nc1ccc(Oc2ccccc2)cc1. The van der Waals surface area contributed by atoms with Gasteiger partial charge in [0, 0.05) is 24.8 Å². The van der Waals surface area contributed by atoms with Crippen molar-refractivity contribution in [2.45, 2.75) is 19.9 Å². The molecular weight excluding hydrogens is 484 g/mol. The van der Waals surface area contributed by atoms with Crippen LogP contribution in [0.3, 0.4) is 0 Å². The monoisotopic (exact) mass is 518 g/mol. The van der Waals surface area contributed by atoms with Crippen LogP contribution in [0.25, 0.3) is 0 Å². The lowest BCUT2D eigenvalue weighted by Gasteiger charge is -2.21. The van der Waals surface area contributed by atoms with Gasteiger partial charge in [-0.25, -0.2) is 4.79 Å². The second-order valence-corrected chi connectivity index (χ2v) is 9.18. The summed E-state index contributed by atoms with van der Waals surface area (Å²) in [7, 11) is 3.86. The number of carboxylic acids is 1. The van der Waals surface area contributed by atoms with E-state index >= 15 is 0 Å². The molecule has 0 spiro atoms. The van der Waals surface area contributed by atoms with Gasteiger partial charge < -0.3 is 25.4 Å². The van der Waals surface area contributed by atoms with Crippen LogP contribution in [-0.2, 0) is 16.1 Å². The first kappa shape index (κ1) is 28.4. The summed E-state index contributed by atoms with van der Waals surface area (Å²) in [4.78, 5) is 39.3. The summed E-state index contributed by atoms with van der Waals surface area (Å²) in [6.45, 7) is 3.68. The van der Waals surface area contributed by atoms with Gasteiger partial charge in [-0.15, -0.1) is 0 Å². The van der Waals surface area contributed by atoms with E-state index in [0.29, 0.717) is 23.7 Å². The third kappa shape index (κ3) is 9.34. The molecule has 0 aliphatic rings. The summed E-state index contributed by atoms with van der Waals surface area (Å²) in [5.41, 5.74) is 2.15. The minimum absolute atomic E-state index is 0.101. The molecule has 0 saturated carbocycles. The quantitative estimate of drug-likeness (QED) is 0.305. The Hall–Kier alpha value is -4.21. The number of hydrogen-bond donors (Lipinski definition) is 3. The first-order valence-corrected chi connectivity index (χ1v) is 12.3. The van der Waals surface area contributed by atoms with Gasteiger partial charge in [-0.2, -0.15) is 0 Å². The van der Waals surface area contributed by atoms with Crippen molar-refractivity contribution in [3.63, 3.8) is 0 Å². The van der Waals surface area contributed by atoms with E-state index in [4.69, 9.17) is 4.74 Å². The van der Waals surface area contributed by atoms with Gasteiger partial charge in [0.15, 0.2) is 0 Å². The summed E-state index contributed by atoms with van der Waals surface area (Å²) < 4.78 is 5.77. The molecule has 0 aliphatic heterocycles. The van der Waals surface area contributed by atoms with Crippen LogP contribution in [-0.4, -0.2) is 66.4 Å². The van der Waals surface area contributed by atoms with Gasteiger partial charge in [0.25, 0.3) is 0 Å². The number of amides is 2. The molecule has 0 heterocycles. The second-order valence-electron chi connectivity index (χ2n) is 9.18. The Morgan fingerprint density at radius 1 is 0.842 bits per heavy atom. The topological polar surface area (TPSA) is 111 Å². The predicted octanol–water partition coefficient (Wildman–Crippen LogP) is 4.53. The lowest BCUT2D eigenvalue weighted by molar-refractivity contribution is -0.117. The third-order valence-corrected chi connectivity index (χ3v) is 5.72. The molecule has 0 aromatic heterocycles. The van der Waals surface area contributed by atoms with Crippen molar-refractivity contribution in [1.29, 1.82) is 0 Å². The van der Waals surface area contributed by atoms with Gasteiger partial charge in [-0.05, 0) is 87.7 Å².